The zero-order valence-corrected chi connectivity index (χ0v) is 12.5. The fourth-order valence-corrected chi connectivity index (χ4v) is 2.19. The number of rotatable bonds is 8. The summed E-state index contributed by atoms with van der Waals surface area (Å²) in [5, 5.41) is 22.8. The fourth-order valence-electron chi connectivity index (χ4n) is 1.68. The minimum absolute atomic E-state index is 0.0902. The van der Waals surface area contributed by atoms with Crippen LogP contribution in [0.5, 0.6) is 0 Å². The summed E-state index contributed by atoms with van der Waals surface area (Å²) in [7, 11) is 0. The molecule has 0 amide bonds. The van der Waals surface area contributed by atoms with Gasteiger partial charge < -0.3 is 10.4 Å². The Morgan fingerprint density at radius 3 is 2.84 bits per heavy atom. The molecule has 1 rings (SSSR count). The summed E-state index contributed by atoms with van der Waals surface area (Å²) in [4.78, 5) is 10.2. The van der Waals surface area contributed by atoms with Gasteiger partial charge in [-0.3, -0.25) is 10.1 Å². The van der Waals surface area contributed by atoms with Crippen LogP contribution in [0, 0.1) is 16.0 Å². The van der Waals surface area contributed by atoms with Crippen molar-refractivity contribution >= 4 is 21.6 Å². The third kappa shape index (κ3) is 5.67. The molecule has 19 heavy (non-hydrogen) atoms. The number of benzene rings is 1. The number of hydrogen-bond acceptors (Lipinski definition) is 4. The van der Waals surface area contributed by atoms with Crippen LogP contribution in [0.25, 0.3) is 0 Å². The number of halogens is 1. The number of nitrogens with one attached hydrogen (secondary N) is 1. The largest absolute Gasteiger partial charge is 0.396 e. The lowest BCUT2D eigenvalue weighted by Gasteiger charge is -2.09. The van der Waals surface area contributed by atoms with Crippen LogP contribution in [0.15, 0.2) is 22.7 Å². The summed E-state index contributed by atoms with van der Waals surface area (Å²) in [5.41, 5.74) is 1.09. The molecule has 0 aliphatic rings. The first kappa shape index (κ1) is 16.1. The second-order valence-corrected chi connectivity index (χ2v) is 5.49. The van der Waals surface area contributed by atoms with Crippen molar-refractivity contribution in [3.8, 4) is 0 Å². The molecular formula is C13H19BrN2O3. The van der Waals surface area contributed by atoms with Crippen molar-refractivity contribution in [1.29, 1.82) is 0 Å². The van der Waals surface area contributed by atoms with E-state index in [2.05, 4.69) is 21.2 Å². The van der Waals surface area contributed by atoms with E-state index in [0.717, 1.165) is 29.4 Å². The molecule has 0 saturated carbocycles. The lowest BCUT2D eigenvalue weighted by atomic mass is 10.1. The van der Waals surface area contributed by atoms with Crippen molar-refractivity contribution in [2.24, 2.45) is 5.92 Å². The maximum absolute atomic E-state index is 10.6. The average Bonchev–Trinajstić information content (AvgIpc) is 2.39. The Balaban J connectivity index is 2.35. The molecule has 0 bridgehead atoms. The topological polar surface area (TPSA) is 75.4 Å². The molecule has 0 aliphatic heterocycles. The van der Waals surface area contributed by atoms with Crippen LogP contribution in [-0.2, 0) is 6.54 Å². The number of non-ortho nitro benzene ring substituents is 1. The van der Waals surface area contributed by atoms with Gasteiger partial charge in [0.2, 0.25) is 0 Å². The van der Waals surface area contributed by atoms with Crippen LogP contribution in [0.4, 0.5) is 5.69 Å². The maximum atomic E-state index is 10.6. The molecule has 2 N–H and O–H groups in total. The van der Waals surface area contributed by atoms with E-state index in [9.17, 15) is 10.1 Å². The van der Waals surface area contributed by atoms with Gasteiger partial charge in [0.1, 0.15) is 0 Å². The van der Waals surface area contributed by atoms with Gasteiger partial charge in [-0.25, -0.2) is 0 Å². The highest BCUT2D eigenvalue weighted by atomic mass is 79.9. The molecule has 0 aromatic heterocycles. The van der Waals surface area contributed by atoms with Crippen molar-refractivity contribution < 1.29 is 10.0 Å². The quantitative estimate of drug-likeness (QED) is 0.436. The van der Waals surface area contributed by atoms with Crippen molar-refractivity contribution in [2.45, 2.75) is 26.3 Å². The van der Waals surface area contributed by atoms with Crippen molar-refractivity contribution in [2.75, 3.05) is 13.2 Å². The number of nitro benzene ring substituents is 1. The summed E-state index contributed by atoms with van der Waals surface area (Å²) in [5.74, 6) is 0.341. The molecule has 0 radical (unpaired) electrons. The summed E-state index contributed by atoms with van der Waals surface area (Å²) in [6.07, 6.45) is 2.00. The Hall–Kier alpha value is -0.980. The number of nitro groups is 1. The van der Waals surface area contributed by atoms with E-state index in [1.54, 1.807) is 6.07 Å². The van der Waals surface area contributed by atoms with E-state index < -0.39 is 4.92 Å². The molecule has 0 spiro atoms. The lowest BCUT2D eigenvalue weighted by molar-refractivity contribution is -0.384. The van der Waals surface area contributed by atoms with E-state index >= 15 is 0 Å². The minimum Gasteiger partial charge on any atom is -0.396 e. The number of aliphatic hydroxyl groups is 1. The Bertz CT molecular complexity index is 426. The molecule has 0 fully saturated rings. The van der Waals surface area contributed by atoms with Gasteiger partial charge in [0.15, 0.2) is 0 Å². The molecule has 0 heterocycles. The first-order valence-corrected chi connectivity index (χ1v) is 7.08. The van der Waals surface area contributed by atoms with Crippen LogP contribution in [-0.4, -0.2) is 23.2 Å². The molecule has 5 nitrogen and oxygen atoms in total. The second-order valence-electron chi connectivity index (χ2n) is 4.64. The van der Waals surface area contributed by atoms with Crippen molar-refractivity contribution in [1.82, 2.24) is 5.32 Å². The molecule has 0 aliphatic carbocycles. The molecule has 1 aromatic rings. The van der Waals surface area contributed by atoms with Gasteiger partial charge in [-0.2, -0.15) is 0 Å². The van der Waals surface area contributed by atoms with Gasteiger partial charge in [-0.15, -0.1) is 0 Å². The Kier molecular flexibility index (Phi) is 6.97. The van der Waals surface area contributed by atoms with Gasteiger partial charge in [-0.1, -0.05) is 22.9 Å². The van der Waals surface area contributed by atoms with Crippen LogP contribution in [0.2, 0.25) is 0 Å². The van der Waals surface area contributed by atoms with E-state index in [0.29, 0.717) is 12.5 Å². The molecule has 106 valence electrons. The van der Waals surface area contributed by atoms with Gasteiger partial charge in [0, 0.05) is 29.8 Å². The van der Waals surface area contributed by atoms with Crippen LogP contribution in [0.3, 0.4) is 0 Å². The van der Waals surface area contributed by atoms with E-state index in [-0.39, 0.29) is 12.3 Å². The highest BCUT2D eigenvalue weighted by molar-refractivity contribution is 9.10. The summed E-state index contributed by atoms with van der Waals surface area (Å²) >= 11 is 3.34. The van der Waals surface area contributed by atoms with Crippen LogP contribution in [0.1, 0.15) is 25.3 Å². The normalized spacial score (nSPS) is 12.4. The first-order chi connectivity index (χ1) is 9.04. The van der Waals surface area contributed by atoms with Crippen LogP contribution < -0.4 is 5.32 Å². The Labute approximate surface area is 121 Å². The highest BCUT2D eigenvalue weighted by Gasteiger charge is 2.08. The molecular weight excluding hydrogens is 312 g/mol. The van der Waals surface area contributed by atoms with E-state index in [4.69, 9.17) is 5.11 Å². The predicted octanol–water partition coefficient (Wildman–Crippen LogP) is 2.86. The standard InChI is InChI=1S/C13H19BrN2O3/c1-10(9-17)3-2-6-15-8-11-4-5-12(16(18)19)7-13(11)14/h4-5,7,10,15,17H,2-3,6,8-9H2,1H3. The summed E-state index contributed by atoms with van der Waals surface area (Å²) in [6, 6.07) is 4.78. The highest BCUT2D eigenvalue weighted by Crippen LogP contribution is 2.22. The maximum Gasteiger partial charge on any atom is 0.270 e. The Morgan fingerprint density at radius 1 is 1.53 bits per heavy atom. The SMILES string of the molecule is CC(CO)CCCNCc1ccc([N+](=O)[O-])cc1Br. The number of nitrogens with zero attached hydrogens (tertiary/aromatic N) is 1. The van der Waals surface area contributed by atoms with Crippen molar-refractivity contribution in [3.05, 3.63) is 38.3 Å². The molecule has 1 unspecified atom stereocenters. The number of aliphatic hydroxyl groups excluding tert-OH is 1. The second kappa shape index (κ2) is 8.24. The first-order valence-electron chi connectivity index (χ1n) is 6.29. The third-order valence-electron chi connectivity index (χ3n) is 2.93. The minimum atomic E-state index is -0.405. The van der Waals surface area contributed by atoms with E-state index in [1.165, 1.54) is 12.1 Å². The monoisotopic (exact) mass is 330 g/mol. The fraction of sp³-hybridized carbons (Fsp3) is 0.538. The Morgan fingerprint density at radius 2 is 2.26 bits per heavy atom. The van der Waals surface area contributed by atoms with Crippen molar-refractivity contribution in [3.63, 3.8) is 0 Å². The van der Waals surface area contributed by atoms with E-state index in [1.807, 2.05) is 6.92 Å². The third-order valence-corrected chi connectivity index (χ3v) is 3.66. The molecule has 1 aromatic carbocycles. The molecule has 0 saturated heterocycles. The molecule has 1 atom stereocenters. The van der Waals surface area contributed by atoms with Gasteiger partial charge in [0.05, 0.1) is 4.92 Å². The lowest BCUT2D eigenvalue weighted by Crippen LogP contribution is -2.16. The average molecular weight is 331 g/mol. The van der Waals surface area contributed by atoms with Gasteiger partial charge >= 0.3 is 0 Å². The summed E-state index contributed by atoms with van der Waals surface area (Å²) in [6.45, 7) is 3.79. The zero-order valence-electron chi connectivity index (χ0n) is 10.9. The zero-order chi connectivity index (χ0) is 14.3. The van der Waals surface area contributed by atoms with Gasteiger partial charge in [0.25, 0.3) is 5.69 Å². The summed E-state index contributed by atoms with van der Waals surface area (Å²) < 4.78 is 0.748. The molecule has 6 heteroatoms. The van der Waals surface area contributed by atoms with Crippen LogP contribution >= 0.6 is 15.9 Å². The smallest absolute Gasteiger partial charge is 0.270 e. The van der Waals surface area contributed by atoms with Gasteiger partial charge in [-0.05, 0) is 36.9 Å². The number of hydrogen-bond donors (Lipinski definition) is 2. The predicted molar refractivity (Wildman–Crippen MR) is 78.0 cm³/mol.